The molecule has 1 aliphatic rings. The summed E-state index contributed by atoms with van der Waals surface area (Å²) in [6, 6.07) is -0.611. The lowest BCUT2D eigenvalue weighted by Gasteiger charge is -2.33. The van der Waals surface area contributed by atoms with Crippen LogP contribution in [0.4, 0.5) is 0 Å². The van der Waals surface area contributed by atoms with Gasteiger partial charge >= 0.3 is 0 Å². The third-order valence-corrected chi connectivity index (χ3v) is 2.78. The Labute approximate surface area is 86.6 Å². The van der Waals surface area contributed by atoms with Crippen molar-refractivity contribution in [2.24, 2.45) is 5.41 Å². The molecule has 0 bridgehead atoms. The van der Waals surface area contributed by atoms with Gasteiger partial charge in [0.1, 0.15) is 6.04 Å². The summed E-state index contributed by atoms with van der Waals surface area (Å²) in [7, 11) is 0. The second kappa shape index (κ2) is 4.30. The molecule has 0 aromatic heterocycles. The van der Waals surface area contributed by atoms with Crippen molar-refractivity contribution in [3.63, 3.8) is 0 Å². The highest BCUT2D eigenvalue weighted by molar-refractivity contribution is 5.82. The first kappa shape index (κ1) is 11.5. The minimum absolute atomic E-state index is 0.0113. The number of hydrogen-bond acceptors (Lipinski definition) is 1. The van der Waals surface area contributed by atoms with E-state index in [1.54, 1.807) is 0 Å². The quantitative estimate of drug-likeness (QED) is 0.631. The van der Waals surface area contributed by atoms with Crippen LogP contribution in [0.2, 0.25) is 0 Å². The lowest BCUT2D eigenvalue weighted by Crippen LogP contribution is -2.47. The Balaban J connectivity index is 2.55. The molecule has 1 radical (unpaired) electrons. The summed E-state index contributed by atoms with van der Waals surface area (Å²) < 4.78 is 0. The zero-order valence-corrected chi connectivity index (χ0v) is 9.47. The van der Waals surface area contributed by atoms with Gasteiger partial charge in [0.25, 0.3) is 0 Å². The molecule has 0 spiro atoms. The second-order valence-electron chi connectivity index (χ2n) is 5.18. The van der Waals surface area contributed by atoms with E-state index < -0.39 is 6.04 Å². The van der Waals surface area contributed by atoms with Crippen molar-refractivity contribution in [3.05, 3.63) is 0 Å². The van der Waals surface area contributed by atoms with Crippen molar-refractivity contribution in [2.45, 2.75) is 46.1 Å². The normalized spacial score (nSPS) is 20.7. The number of piperidine rings is 1. The summed E-state index contributed by atoms with van der Waals surface area (Å²) in [4.78, 5) is 13.7. The van der Waals surface area contributed by atoms with E-state index in [0.29, 0.717) is 0 Å². The van der Waals surface area contributed by atoms with E-state index in [2.05, 4.69) is 0 Å². The lowest BCUT2D eigenvalue weighted by atomic mass is 9.86. The largest absolute Gasteiger partial charge is 0.341 e. The molecule has 1 unspecified atom stereocenters. The van der Waals surface area contributed by atoms with Crippen LogP contribution in [-0.2, 0) is 4.79 Å². The number of nitrogens with zero attached hydrogens (tertiary/aromatic N) is 1. The van der Waals surface area contributed by atoms with Gasteiger partial charge < -0.3 is 4.90 Å². The summed E-state index contributed by atoms with van der Waals surface area (Å²) in [6.07, 6.45) is 3.42. The molecule has 1 saturated heterocycles. The van der Waals surface area contributed by atoms with Gasteiger partial charge in [-0.05, 0) is 24.7 Å². The van der Waals surface area contributed by atoms with Crippen molar-refractivity contribution >= 4 is 5.91 Å². The predicted molar refractivity (Wildman–Crippen MR) is 56.8 cm³/mol. The maximum Gasteiger partial charge on any atom is 0.241 e. The average molecular weight is 197 g/mol. The first-order chi connectivity index (χ1) is 6.43. The maximum atomic E-state index is 11.9. The number of rotatable bonds is 1. The second-order valence-corrected chi connectivity index (χ2v) is 5.18. The van der Waals surface area contributed by atoms with E-state index in [0.717, 1.165) is 25.9 Å². The van der Waals surface area contributed by atoms with E-state index in [-0.39, 0.29) is 11.3 Å². The molecule has 1 heterocycles. The van der Waals surface area contributed by atoms with Gasteiger partial charge in [-0.2, -0.15) is 0 Å². The van der Waals surface area contributed by atoms with Gasteiger partial charge in [0.05, 0.1) is 0 Å². The van der Waals surface area contributed by atoms with Gasteiger partial charge in [0.15, 0.2) is 0 Å². The third-order valence-electron chi connectivity index (χ3n) is 2.78. The number of nitrogens with one attached hydrogen (secondary N) is 1. The molecule has 1 fully saturated rings. The van der Waals surface area contributed by atoms with E-state index in [4.69, 9.17) is 5.73 Å². The first-order valence-corrected chi connectivity index (χ1v) is 5.43. The number of amides is 1. The molecule has 0 aliphatic carbocycles. The molecule has 0 aromatic carbocycles. The van der Waals surface area contributed by atoms with Crippen molar-refractivity contribution < 1.29 is 4.79 Å². The summed E-state index contributed by atoms with van der Waals surface area (Å²) in [6.45, 7) is 7.56. The Hall–Kier alpha value is -0.570. The topological polar surface area (TPSA) is 44.1 Å². The van der Waals surface area contributed by atoms with E-state index in [9.17, 15) is 4.79 Å². The summed E-state index contributed by atoms with van der Waals surface area (Å²) in [5, 5.41) is 0. The summed E-state index contributed by atoms with van der Waals surface area (Å²) in [5.41, 5.74) is 7.63. The highest BCUT2D eigenvalue weighted by Gasteiger charge is 2.31. The van der Waals surface area contributed by atoms with Crippen molar-refractivity contribution in [1.29, 1.82) is 0 Å². The summed E-state index contributed by atoms with van der Waals surface area (Å²) in [5.74, 6) is 0.0113. The fraction of sp³-hybridized carbons (Fsp3) is 0.909. The Morgan fingerprint density at radius 1 is 1.21 bits per heavy atom. The predicted octanol–water partition coefficient (Wildman–Crippen LogP) is 1.70. The zero-order chi connectivity index (χ0) is 10.8. The van der Waals surface area contributed by atoms with Crippen molar-refractivity contribution in [2.75, 3.05) is 13.1 Å². The standard InChI is InChI=1S/C11H21N2O/c1-11(2,3)9(12)10(14)13-7-5-4-6-8-13/h9,12H,4-8H2,1-3H3. The molecule has 1 atom stereocenters. The number of carbonyl (C=O) groups is 1. The van der Waals surface area contributed by atoms with Crippen LogP contribution < -0.4 is 5.73 Å². The van der Waals surface area contributed by atoms with Crippen LogP contribution in [0, 0.1) is 5.41 Å². The van der Waals surface area contributed by atoms with Crippen LogP contribution >= 0.6 is 0 Å². The molecule has 1 rings (SSSR count). The van der Waals surface area contributed by atoms with Gasteiger partial charge in [-0.15, -0.1) is 0 Å². The van der Waals surface area contributed by atoms with Crippen LogP contribution in [0.1, 0.15) is 40.0 Å². The SMILES string of the molecule is CC(C)(C)C([NH])C(=O)N1CCCCC1. The third kappa shape index (κ3) is 2.71. The molecule has 81 valence electrons. The Morgan fingerprint density at radius 2 is 1.71 bits per heavy atom. The Bertz CT molecular complexity index is 202. The Kier molecular flexibility index (Phi) is 3.53. The van der Waals surface area contributed by atoms with Gasteiger partial charge in [-0.25, -0.2) is 5.73 Å². The molecular formula is C11H21N2O. The highest BCUT2D eigenvalue weighted by Crippen LogP contribution is 2.21. The van der Waals surface area contributed by atoms with Crippen LogP contribution in [0.15, 0.2) is 0 Å². The van der Waals surface area contributed by atoms with E-state index >= 15 is 0 Å². The van der Waals surface area contributed by atoms with Gasteiger partial charge in [-0.3, -0.25) is 4.79 Å². The lowest BCUT2D eigenvalue weighted by molar-refractivity contribution is -0.136. The van der Waals surface area contributed by atoms with Crippen molar-refractivity contribution in [1.82, 2.24) is 10.6 Å². The molecule has 1 N–H and O–H groups in total. The van der Waals surface area contributed by atoms with Crippen LogP contribution in [0.25, 0.3) is 0 Å². The smallest absolute Gasteiger partial charge is 0.241 e. The number of carbonyl (C=O) groups excluding carboxylic acids is 1. The fourth-order valence-corrected chi connectivity index (χ4v) is 1.67. The molecular weight excluding hydrogens is 176 g/mol. The van der Waals surface area contributed by atoms with Gasteiger partial charge in [0, 0.05) is 13.1 Å². The zero-order valence-electron chi connectivity index (χ0n) is 9.47. The molecule has 0 aromatic rings. The monoisotopic (exact) mass is 197 g/mol. The number of likely N-dealkylation sites (tertiary alicyclic amines) is 1. The molecule has 3 nitrogen and oxygen atoms in total. The Morgan fingerprint density at radius 3 is 2.14 bits per heavy atom. The molecule has 14 heavy (non-hydrogen) atoms. The fourth-order valence-electron chi connectivity index (χ4n) is 1.67. The minimum Gasteiger partial charge on any atom is -0.341 e. The van der Waals surface area contributed by atoms with E-state index in [1.807, 2.05) is 25.7 Å². The average Bonchev–Trinajstić information content (AvgIpc) is 2.15. The molecule has 1 aliphatic heterocycles. The molecule has 0 saturated carbocycles. The maximum absolute atomic E-state index is 11.9. The number of hydrogen-bond donors (Lipinski definition) is 0. The molecule has 3 heteroatoms. The van der Waals surface area contributed by atoms with E-state index in [1.165, 1.54) is 6.42 Å². The van der Waals surface area contributed by atoms with Gasteiger partial charge in [0.2, 0.25) is 5.91 Å². The summed E-state index contributed by atoms with van der Waals surface area (Å²) >= 11 is 0. The molecule has 1 amide bonds. The van der Waals surface area contributed by atoms with Gasteiger partial charge in [-0.1, -0.05) is 20.8 Å². The van der Waals surface area contributed by atoms with Crippen LogP contribution in [-0.4, -0.2) is 29.9 Å². The highest BCUT2D eigenvalue weighted by atomic mass is 16.2. The van der Waals surface area contributed by atoms with Crippen molar-refractivity contribution in [3.8, 4) is 0 Å². The van der Waals surface area contributed by atoms with Crippen LogP contribution in [0.3, 0.4) is 0 Å². The van der Waals surface area contributed by atoms with Crippen LogP contribution in [0.5, 0.6) is 0 Å². The minimum atomic E-state index is -0.611. The first-order valence-electron chi connectivity index (χ1n) is 5.43.